The third kappa shape index (κ3) is 8.16. The minimum Gasteiger partial charge on any atom is -0.352 e. The van der Waals surface area contributed by atoms with Gasteiger partial charge in [0.25, 0.3) is 10.0 Å². The summed E-state index contributed by atoms with van der Waals surface area (Å²) < 4.78 is 43.0. The standard InChI is InChI=1S/C36H38FN3O4S/c1-27-16-22-33(23-17-27)45(43,44)40(32-14-6-3-7-15-32)26-35(41)39(25-29-18-20-30(37)21-19-29)34(24-28-10-4-2-5-11-28)36(42)38-31-12-8-9-13-31/h2-7,10-11,14-23,31,34H,8-9,12-13,24-26H2,1H3,(H,38,42)/t34-/m0/s1. The minimum atomic E-state index is -4.17. The maximum atomic E-state index is 14.5. The van der Waals surface area contributed by atoms with Crippen LogP contribution >= 0.6 is 0 Å². The highest BCUT2D eigenvalue weighted by Crippen LogP contribution is 2.26. The number of nitrogens with one attached hydrogen (secondary N) is 1. The SMILES string of the molecule is Cc1ccc(S(=O)(=O)N(CC(=O)N(Cc2ccc(F)cc2)[C@@H](Cc2ccccc2)C(=O)NC2CCCC2)c2ccccc2)cc1. The number of hydrogen-bond donors (Lipinski definition) is 1. The van der Waals surface area contributed by atoms with Crippen LogP contribution in [0.1, 0.15) is 42.4 Å². The monoisotopic (exact) mass is 627 g/mol. The number of anilines is 1. The molecule has 1 atom stereocenters. The van der Waals surface area contributed by atoms with Gasteiger partial charge in [0.05, 0.1) is 10.6 Å². The van der Waals surface area contributed by atoms with Gasteiger partial charge in [0.1, 0.15) is 18.4 Å². The van der Waals surface area contributed by atoms with Gasteiger partial charge >= 0.3 is 0 Å². The lowest BCUT2D eigenvalue weighted by atomic mass is 10.0. The lowest BCUT2D eigenvalue weighted by Gasteiger charge is -2.34. The third-order valence-corrected chi connectivity index (χ3v) is 9.96. The molecule has 7 nitrogen and oxygen atoms in total. The number of amides is 2. The third-order valence-electron chi connectivity index (χ3n) is 8.17. The number of benzene rings is 4. The van der Waals surface area contributed by atoms with Crippen LogP contribution in [0.3, 0.4) is 0 Å². The Morgan fingerprint density at radius 1 is 0.822 bits per heavy atom. The Morgan fingerprint density at radius 3 is 2.04 bits per heavy atom. The van der Waals surface area contributed by atoms with Gasteiger partial charge in [-0.05, 0) is 67.3 Å². The van der Waals surface area contributed by atoms with Crippen LogP contribution in [-0.4, -0.2) is 43.8 Å². The van der Waals surface area contributed by atoms with Gasteiger partial charge in [0, 0.05) is 19.0 Å². The summed E-state index contributed by atoms with van der Waals surface area (Å²) in [6.07, 6.45) is 4.01. The summed E-state index contributed by atoms with van der Waals surface area (Å²) in [5.41, 5.74) is 2.69. The zero-order valence-corrected chi connectivity index (χ0v) is 26.1. The highest BCUT2D eigenvalue weighted by Gasteiger charge is 2.35. The molecule has 2 amide bonds. The molecule has 0 saturated heterocycles. The first-order valence-electron chi connectivity index (χ1n) is 15.2. The first-order chi connectivity index (χ1) is 21.7. The van der Waals surface area contributed by atoms with Gasteiger partial charge < -0.3 is 10.2 Å². The van der Waals surface area contributed by atoms with Crippen LogP contribution in [0.2, 0.25) is 0 Å². The Balaban J connectivity index is 1.54. The molecule has 0 unspecified atom stereocenters. The van der Waals surface area contributed by atoms with Crippen molar-refractivity contribution < 1.29 is 22.4 Å². The van der Waals surface area contributed by atoms with Crippen molar-refractivity contribution in [1.82, 2.24) is 10.2 Å². The zero-order chi connectivity index (χ0) is 31.8. The fraction of sp³-hybridized carbons (Fsp3) is 0.278. The summed E-state index contributed by atoms with van der Waals surface area (Å²) in [6.45, 7) is 1.32. The molecule has 0 heterocycles. The van der Waals surface area contributed by atoms with Gasteiger partial charge in [0.15, 0.2) is 0 Å². The van der Waals surface area contributed by atoms with Crippen LogP contribution in [-0.2, 0) is 32.6 Å². The topological polar surface area (TPSA) is 86.8 Å². The maximum absolute atomic E-state index is 14.5. The van der Waals surface area contributed by atoms with Crippen molar-refractivity contribution in [3.8, 4) is 0 Å². The van der Waals surface area contributed by atoms with Crippen LogP contribution in [0.4, 0.5) is 10.1 Å². The van der Waals surface area contributed by atoms with Crippen molar-refractivity contribution in [3.05, 3.63) is 132 Å². The Morgan fingerprint density at radius 2 is 1.42 bits per heavy atom. The molecule has 45 heavy (non-hydrogen) atoms. The molecule has 1 aliphatic carbocycles. The molecule has 9 heteroatoms. The van der Waals surface area contributed by atoms with E-state index in [-0.39, 0.29) is 29.8 Å². The second kappa shape index (κ2) is 14.5. The molecule has 1 aliphatic rings. The van der Waals surface area contributed by atoms with Crippen molar-refractivity contribution in [3.63, 3.8) is 0 Å². The highest BCUT2D eigenvalue weighted by atomic mass is 32.2. The smallest absolute Gasteiger partial charge is 0.264 e. The largest absolute Gasteiger partial charge is 0.352 e. The van der Waals surface area contributed by atoms with E-state index >= 15 is 0 Å². The molecule has 0 radical (unpaired) electrons. The number of carbonyl (C=O) groups excluding carboxylic acids is 2. The van der Waals surface area contributed by atoms with E-state index in [4.69, 9.17) is 0 Å². The van der Waals surface area contributed by atoms with Gasteiger partial charge in [-0.25, -0.2) is 12.8 Å². The van der Waals surface area contributed by atoms with Crippen molar-refractivity contribution >= 4 is 27.5 Å². The second-order valence-electron chi connectivity index (χ2n) is 11.5. The Labute approximate surface area is 264 Å². The number of sulfonamides is 1. The van der Waals surface area contributed by atoms with E-state index in [1.165, 1.54) is 29.2 Å². The van der Waals surface area contributed by atoms with E-state index in [1.807, 2.05) is 37.3 Å². The molecule has 1 N–H and O–H groups in total. The molecule has 0 aliphatic heterocycles. The average Bonchev–Trinajstić information content (AvgIpc) is 3.56. The lowest BCUT2D eigenvalue weighted by molar-refractivity contribution is -0.140. The molecule has 0 bridgehead atoms. The van der Waals surface area contributed by atoms with Gasteiger partial charge in [-0.1, -0.05) is 91.2 Å². The molecule has 234 valence electrons. The van der Waals surface area contributed by atoms with Gasteiger partial charge in [0.2, 0.25) is 11.8 Å². The van der Waals surface area contributed by atoms with Gasteiger partial charge in [-0.2, -0.15) is 0 Å². The summed E-state index contributed by atoms with van der Waals surface area (Å²) in [4.78, 5) is 30.0. The molecule has 5 rings (SSSR count). The van der Waals surface area contributed by atoms with Crippen molar-refractivity contribution in [1.29, 1.82) is 0 Å². The molecule has 0 aromatic heterocycles. The number of carbonyl (C=O) groups is 2. The summed E-state index contributed by atoms with van der Waals surface area (Å²) in [7, 11) is -4.17. The normalized spacial score (nSPS) is 14.1. The quantitative estimate of drug-likeness (QED) is 0.208. The summed E-state index contributed by atoms with van der Waals surface area (Å²) in [6, 6.07) is 29.2. The van der Waals surface area contributed by atoms with E-state index < -0.39 is 34.3 Å². The maximum Gasteiger partial charge on any atom is 0.264 e. The second-order valence-corrected chi connectivity index (χ2v) is 13.4. The fourth-order valence-corrected chi connectivity index (χ4v) is 7.08. The zero-order valence-electron chi connectivity index (χ0n) is 25.3. The van der Waals surface area contributed by atoms with E-state index in [0.717, 1.165) is 41.1 Å². The molecular weight excluding hydrogens is 589 g/mol. The van der Waals surface area contributed by atoms with Crippen LogP contribution in [0.15, 0.2) is 114 Å². The Kier molecular flexibility index (Phi) is 10.3. The fourth-order valence-electron chi connectivity index (χ4n) is 5.67. The summed E-state index contributed by atoms with van der Waals surface area (Å²) >= 11 is 0. The first-order valence-corrected chi connectivity index (χ1v) is 16.7. The average molecular weight is 628 g/mol. The Hall–Kier alpha value is -4.50. The molecular formula is C36H38FN3O4S. The number of nitrogens with zero attached hydrogens (tertiary/aromatic N) is 2. The minimum absolute atomic E-state index is 0.0120. The number of hydrogen-bond acceptors (Lipinski definition) is 4. The van der Waals surface area contributed by atoms with E-state index in [0.29, 0.717) is 11.3 Å². The predicted octanol–water partition coefficient (Wildman–Crippen LogP) is 6.03. The number of rotatable bonds is 12. The predicted molar refractivity (Wildman–Crippen MR) is 173 cm³/mol. The number of para-hydroxylation sites is 1. The lowest BCUT2D eigenvalue weighted by Crippen LogP contribution is -2.54. The molecule has 4 aromatic carbocycles. The first kappa shape index (κ1) is 31.9. The van der Waals surface area contributed by atoms with E-state index in [1.54, 1.807) is 54.6 Å². The van der Waals surface area contributed by atoms with Crippen LogP contribution in [0.25, 0.3) is 0 Å². The summed E-state index contributed by atoms with van der Waals surface area (Å²) in [5.74, 6) is -1.27. The summed E-state index contributed by atoms with van der Waals surface area (Å²) in [5, 5.41) is 3.15. The number of halogens is 1. The van der Waals surface area contributed by atoms with E-state index in [2.05, 4.69) is 5.32 Å². The molecule has 1 saturated carbocycles. The molecule has 0 spiro atoms. The van der Waals surface area contributed by atoms with Crippen molar-refractivity contribution in [2.24, 2.45) is 0 Å². The number of aryl methyl sites for hydroxylation is 1. The highest BCUT2D eigenvalue weighted by molar-refractivity contribution is 7.92. The molecule has 1 fully saturated rings. The molecule has 4 aromatic rings. The van der Waals surface area contributed by atoms with Crippen LogP contribution in [0, 0.1) is 12.7 Å². The van der Waals surface area contributed by atoms with Crippen LogP contribution in [0.5, 0.6) is 0 Å². The van der Waals surface area contributed by atoms with E-state index in [9.17, 15) is 22.4 Å². The van der Waals surface area contributed by atoms with Crippen LogP contribution < -0.4 is 9.62 Å². The van der Waals surface area contributed by atoms with Crippen molar-refractivity contribution in [2.75, 3.05) is 10.8 Å². The van der Waals surface area contributed by atoms with Crippen molar-refractivity contribution in [2.45, 2.75) is 62.6 Å². The Bertz CT molecular complexity index is 1680. The van der Waals surface area contributed by atoms with Gasteiger partial charge in [-0.3, -0.25) is 13.9 Å². The van der Waals surface area contributed by atoms with Gasteiger partial charge in [-0.15, -0.1) is 0 Å².